The van der Waals surface area contributed by atoms with Crippen molar-refractivity contribution in [3.8, 4) is 0 Å². The van der Waals surface area contributed by atoms with Crippen LogP contribution in [0.15, 0.2) is 11.6 Å². The van der Waals surface area contributed by atoms with Crippen molar-refractivity contribution in [2.75, 3.05) is 13.6 Å². The number of Topliss-reactive ketones (excluding diaryl/α,β-unsaturated/α-hetero) is 2. The minimum absolute atomic E-state index is 0.0208. The molecule has 2 atom stereocenters. The summed E-state index contributed by atoms with van der Waals surface area (Å²) in [5.74, 6) is 0.354. The standard InChI is InChI=1S/C11H15NO2/c1-7(13)9-5-8-3-4-12(2)10(8)6-11(9)14/h5,8,10H,3-4,6H2,1-2H3. The van der Waals surface area contributed by atoms with Crippen molar-refractivity contribution in [3.63, 3.8) is 0 Å². The first-order chi connectivity index (χ1) is 6.59. The molecule has 3 nitrogen and oxygen atoms in total. The molecule has 3 heteroatoms. The third-order valence-corrected chi connectivity index (χ3v) is 3.33. The summed E-state index contributed by atoms with van der Waals surface area (Å²) in [6, 6.07) is 0.339. The summed E-state index contributed by atoms with van der Waals surface area (Å²) in [7, 11) is 2.05. The van der Waals surface area contributed by atoms with Crippen molar-refractivity contribution in [1.82, 2.24) is 4.90 Å². The molecule has 0 aromatic rings. The molecule has 0 bridgehead atoms. The van der Waals surface area contributed by atoms with E-state index in [2.05, 4.69) is 4.90 Å². The molecule has 0 aromatic heterocycles. The lowest BCUT2D eigenvalue weighted by atomic mass is 9.84. The van der Waals surface area contributed by atoms with Gasteiger partial charge in [0.15, 0.2) is 11.6 Å². The quantitative estimate of drug-likeness (QED) is 0.578. The van der Waals surface area contributed by atoms with Crippen LogP contribution in [0.3, 0.4) is 0 Å². The SMILES string of the molecule is CC(=O)C1=CC2CCN(C)C2CC1=O. The molecule has 0 amide bonds. The number of ketones is 2. The van der Waals surface area contributed by atoms with E-state index in [0.717, 1.165) is 13.0 Å². The highest BCUT2D eigenvalue weighted by atomic mass is 16.1. The number of rotatable bonds is 1. The zero-order valence-corrected chi connectivity index (χ0v) is 8.62. The van der Waals surface area contributed by atoms with Crippen molar-refractivity contribution in [3.05, 3.63) is 11.6 Å². The Bertz CT molecular complexity index is 319. The second kappa shape index (κ2) is 3.31. The number of nitrogens with zero attached hydrogens (tertiary/aromatic N) is 1. The molecule has 1 aliphatic heterocycles. The highest BCUT2D eigenvalue weighted by Crippen LogP contribution is 2.32. The molecular formula is C11H15NO2. The lowest BCUT2D eigenvalue weighted by Crippen LogP contribution is -2.35. The van der Waals surface area contributed by atoms with E-state index in [9.17, 15) is 9.59 Å². The summed E-state index contributed by atoms with van der Waals surface area (Å²) in [4.78, 5) is 25.0. The van der Waals surface area contributed by atoms with Gasteiger partial charge in [-0.15, -0.1) is 0 Å². The Morgan fingerprint density at radius 1 is 1.57 bits per heavy atom. The van der Waals surface area contributed by atoms with E-state index < -0.39 is 0 Å². The predicted octanol–water partition coefficient (Wildman–Crippen LogP) is 0.795. The number of hydrogen-bond donors (Lipinski definition) is 0. The van der Waals surface area contributed by atoms with E-state index >= 15 is 0 Å². The van der Waals surface area contributed by atoms with Crippen LogP contribution in [0.2, 0.25) is 0 Å². The molecule has 2 aliphatic rings. The summed E-state index contributed by atoms with van der Waals surface area (Å²) >= 11 is 0. The lowest BCUT2D eigenvalue weighted by Gasteiger charge is -2.26. The van der Waals surface area contributed by atoms with Crippen LogP contribution in [0.5, 0.6) is 0 Å². The molecule has 14 heavy (non-hydrogen) atoms. The molecule has 1 fully saturated rings. The number of fused-ring (bicyclic) bond motifs is 1. The largest absolute Gasteiger partial charge is 0.302 e. The van der Waals surface area contributed by atoms with Gasteiger partial charge in [0, 0.05) is 12.5 Å². The van der Waals surface area contributed by atoms with E-state index in [1.807, 2.05) is 13.1 Å². The van der Waals surface area contributed by atoms with Crippen molar-refractivity contribution in [2.45, 2.75) is 25.8 Å². The third-order valence-electron chi connectivity index (χ3n) is 3.33. The van der Waals surface area contributed by atoms with Gasteiger partial charge in [-0.25, -0.2) is 0 Å². The Hall–Kier alpha value is -0.960. The van der Waals surface area contributed by atoms with Gasteiger partial charge in [0.05, 0.1) is 5.57 Å². The molecule has 0 spiro atoms. The van der Waals surface area contributed by atoms with Crippen molar-refractivity contribution < 1.29 is 9.59 Å². The summed E-state index contributed by atoms with van der Waals surface area (Å²) < 4.78 is 0. The minimum atomic E-state index is -0.0806. The van der Waals surface area contributed by atoms with E-state index in [1.165, 1.54) is 6.92 Å². The van der Waals surface area contributed by atoms with Gasteiger partial charge in [0.1, 0.15) is 0 Å². The molecule has 0 saturated carbocycles. The third kappa shape index (κ3) is 1.42. The zero-order chi connectivity index (χ0) is 10.3. The second-order valence-corrected chi connectivity index (χ2v) is 4.26. The van der Waals surface area contributed by atoms with Crippen LogP contribution in [0.1, 0.15) is 19.8 Å². The van der Waals surface area contributed by atoms with Gasteiger partial charge < -0.3 is 4.90 Å². The maximum Gasteiger partial charge on any atom is 0.167 e. The van der Waals surface area contributed by atoms with Gasteiger partial charge in [-0.05, 0) is 32.9 Å². The fourth-order valence-corrected chi connectivity index (χ4v) is 2.46. The van der Waals surface area contributed by atoms with E-state index in [1.54, 1.807) is 0 Å². The van der Waals surface area contributed by atoms with Crippen LogP contribution in [-0.4, -0.2) is 36.1 Å². The average molecular weight is 193 g/mol. The van der Waals surface area contributed by atoms with Crippen LogP contribution < -0.4 is 0 Å². The maximum atomic E-state index is 11.6. The van der Waals surface area contributed by atoms with Crippen molar-refractivity contribution in [2.24, 2.45) is 5.92 Å². The first-order valence-electron chi connectivity index (χ1n) is 5.06. The molecular weight excluding hydrogens is 178 g/mol. The van der Waals surface area contributed by atoms with Gasteiger partial charge in [-0.1, -0.05) is 6.08 Å². The molecule has 1 aliphatic carbocycles. The Balaban J connectivity index is 2.28. The second-order valence-electron chi connectivity index (χ2n) is 4.26. The topological polar surface area (TPSA) is 37.4 Å². The molecule has 1 saturated heterocycles. The molecule has 1 heterocycles. The maximum absolute atomic E-state index is 11.6. The molecule has 0 N–H and O–H groups in total. The van der Waals surface area contributed by atoms with Crippen LogP contribution in [0.4, 0.5) is 0 Å². The Kier molecular flexibility index (Phi) is 2.27. The van der Waals surface area contributed by atoms with Crippen molar-refractivity contribution >= 4 is 11.6 Å². The molecule has 0 aromatic carbocycles. The average Bonchev–Trinajstić information content (AvgIpc) is 2.46. The van der Waals surface area contributed by atoms with Crippen LogP contribution >= 0.6 is 0 Å². The lowest BCUT2D eigenvalue weighted by molar-refractivity contribution is -0.121. The Morgan fingerprint density at radius 2 is 2.29 bits per heavy atom. The van der Waals surface area contributed by atoms with Gasteiger partial charge in [0.25, 0.3) is 0 Å². The number of allylic oxidation sites excluding steroid dienone is 1. The summed E-state index contributed by atoms with van der Waals surface area (Å²) in [5.41, 5.74) is 0.432. The minimum Gasteiger partial charge on any atom is -0.302 e. The Labute approximate surface area is 83.8 Å². The first-order valence-corrected chi connectivity index (χ1v) is 5.06. The van der Waals surface area contributed by atoms with Crippen LogP contribution in [-0.2, 0) is 9.59 Å². The molecule has 76 valence electrons. The smallest absolute Gasteiger partial charge is 0.167 e. The predicted molar refractivity (Wildman–Crippen MR) is 52.9 cm³/mol. The van der Waals surface area contributed by atoms with Crippen molar-refractivity contribution in [1.29, 1.82) is 0 Å². The molecule has 2 rings (SSSR count). The van der Waals surface area contributed by atoms with E-state index in [4.69, 9.17) is 0 Å². The summed E-state index contributed by atoms with van der Waals surface area (Å²) in [6.07, 6.45) is 3.49. The monoisotopic (exact) mass is 193 g/mol. The number of hydrogen-bond acceptors (Lipinski definition) is 3. The van der Waals surface area contributed by atoms with Gasteiger partial charge in [-0.3, -0.25) is 9.59 Å². The highest BCUT2D eigenvalue weighted by molar-refractivity contribution is 6.19. The zero-order valence-electron chi connectivity index (χ0n) is 8.62. The summed E-state index contributed by atoms with van der Waals surface area (Å²) in [5, 5.41) is 0. The van der Waals surface area contributed by atoms with Crippen LogP contribution in [0.25, 0.3) is 0 Å². The number of carbonyl (C=O) groups excluding carboxylic acids is 2. The van der Waals surface area contributed by atoms with Gasteiger partial charge >= 0.3 is 0 Å². The fourth-order valence-electron chi connectivity index (χ4n) is 2.46. The van der Waals surface area contributed by atoms with E-state index in [-0.39, 0.29) is 11.6 Å². The Morgan fingerprint density at radius 3 is 2.93 bits per heavy atom. The normalized spacial score (nSPS) is 32.7. The molecule has 2 unspecified atom stereocenters. The highest BCUT2D eigenvalue weighted by Gasteiger charge is 2.37. The van der Waals surface area contributed by atoms with Crippen LogP contribution in [0, 0.1) is 5.92 Å². The molecule has 0 radical (unpaired) electrons. The van der Waals surface area contributed by atoms with Gasteiger partial charge in [0.2, 0.25) is 0 Å². The fraction of sp³-hybridized carbons (Fsp3) is 0.636. The number of likely N-dealkylation sites (tertiary alicyclic amines) is 1. The van der Waals surface area contributed by atoms with Gasteiger partial charge in [-0.2, -0.15) is 0 Å². The van der Waals surface area contributed by atoms with E-state index in [0.29, 0.717) is 24.0 Å². The summed E-state index contributed by atoms with van der Waals surface area (Å²) in [6.45, 7) is 2.51. The number of carbonyl (C=O) groups is 2. The first kappa shape index (κ1) is 9.59.